The van der Waals surface area contributed by atoms with Crippen LogP contribution in [0, 0.1) is 17.8 Å². The van der Waals surface area contributed by atoms with Crippen LogP contribution in [0.3, 0.4) is 0 Å². The second kappa shape index (κ2) is 60.1. The second-order valence-electron chi connectivity index (χ2n) is 38.2. The fourth-order valence-corrected chi connectivity index (χ4v) is 16.2. The van der Waals surface area contributed by atoms with E-state index in [0.29, 0.717) is 71.9 Å². The lowest BCUT2D eigenvalue weighted by atomic mass is 9.85. The first-order valence-corrected chi connectivity index (χ1v) is 50.2. The number of aryl methyl sites for hydroxylation is 2. The van der Waals surface area contributed by atoms with Crippen LogP contribution >= 0.6 is 11.3 Å². The molecule has 0 unspecified atom stereocenters. The van der Waals surface area contributed by atoms with E-state index < -0.39 is 0 Å². The van der Waals surface area contributed by atoms with E-state index in [1.807, 2.05) is 157 Å². The summed E-state index contributed by atoms with van der Waals surface area (Å²) in [5, 5.41) is 2.15. The monoisotopic (exact) mass is 1850 g/mol. The number of ether oxygens (including phenoxy) is 7. The highest BCUT2D eigenvalue weighted by molar-refractivity contribution is 7.09. The van der Waals surface area contributed by atoms with Gasteiger partial charge in [0.05, 0.1) is 44.3 Å². The number of para-hydroxylation sites is 3. The largest absolute Gasteiger partial charge is 0.465 e. The maximum absolute atomic E-state index is 11.6. The molecule has 1 fully saturated rings. The van der Waals surface area contributed by atoms with Crippen molar-refractivity contribution in [2.24, 2.45) is 17.8 Å². The highest BCUT2D eigenvalue weighted by Gasteiger charge is 2.40. The summed E-state index contributed by atoms with van der Waals surface area (Å²) in [6, 6.07) is 94.6. The molecular formula is C124H159NO10S. The molecule has 13 aromatic rings. The lowest BCUT2D eigenvalue weighted by molar-refractivity contribution is 0.0498. The van der Waals surface area contributed by atoms with Crippen LogP contribution in [0.15, 0.2) is 301 Å². The molecule has 17 rings (SSSR count). The molecule has 4 heterocycles. The molecule has 4 aliphatic rings. The summed E-state index contributed by atoms with van der Waals surface area (Å²) < 4.78 is 42.4. The van der Waals surface area contributed by atoms with E-state index in [4.69, 9.17) is 32.8 Å². The highest BCUT2D eigenvalue weighted by atomic mass is 32.1. The van der Waals surface area contributed by atoms with Gasteiger partial charge in [-0.05, 0) is 291 Å². The number of esters is 2. The Morgan fingerprint density at radius 3 is 1.54 bits per heavy atom. The van der Waals surface area contributed by atoms with Crippen LogP contribution in [0.5, 0.6) is 34.5 Å². The Balaban J connectivity index is 0.000000206. The number of methoxy groups -OCH3 is 1. The molecule has 0 N–H and O–H groups in total. The third-order valence-electron chi connectivity index (χ3n) is 24.1. The molecule has 1 saturated carbocycles. The van der Waals surface area contributed by atoms with E-state index in [9.17, 15) is 9.59 Å². The predicted molar refractivity (Wildman–Crippen MR) is 572 cm³/mol. The first-order valence-electron chi connectivity index (χ1n) is 49.4. The van der Waals surface area contributed by atoms with Gasteiger partial charge in [0.1, 0.15) is 23.0 Å². The molecule has 2 aliphatic heterocycles. The van der Waals surface area contributed by atoms with Crippen molar-refractivity contribution in [1.82, 2.24) is 4.98 Å². The summed E-state index contributed by atoms with van der Waals surface area (Å²) in [6.07, 6.45) is 15.6. The van der Waals surface area contributed by atoms with Gasteiger partial charge in [-0.15, -0.1) is 11.3 Å². The van der Waals surface area contributed by atoms with E-state index in [1.54, 1.807) is 29.0 Å². The predicted octanol–water partition coefficient (Wildman–Crippen LogP) is 35.6. The molecule has 136 heavy (non-hydrogen) atoms. The normalized spacial score (nSPS) is 13.3. The molecule has 2 aliphatic carbocycles. The number of nitrogens with zero attached hydrogens (tertiary/aromatic N) is 1. The highest BCUT2D eigenvalue weighted by Crippen LogP contribution is 2.51. The number of fused-ring (bicyclic) bond motifs is 3. The molecule has 2 aromatic heterocycles. The number of rotatable bonds is 23. The number of hydrogen-bond donors (Lipinski definition) is 0. The Morgan fingerprint density at radius 2 is 0.978 bits per heavy atom. The van der Waals surface area contributed by atoms with Crippen molar-refractivity contribution in [1.29, 1.82) is 0 Å². The molecule has 11 aromatic carbocycles. The van der Waals surface area contributed by atoms with Gasteiger partial charge in [0, 0.05) is 10.4 Å². The van der Waals surface area contributed by atoms with Crippen LogP contribution in [-0.2, 0) is 46.5 Å². The van der Waals surface area contributed by atoms with Crippen LogP contribution in [0.4, 0.5) is 0 Å². The quantitative estimate of drug-likeness (QED) is 0.0449. The Morgan fingerprint density at radius 1 is 0.449 bits per heavy atom. The number of carbonyl (C=O) groups is 2. The minimum absolute atomic E-state index is 0. The summed E-state index contributed by atoms with van der Waals surface area (Å²) in [6.45, 7) is 48.8. The van der Waals surface area contributed by atoms with Crippen LogP contribution in [-0.4, -0.2) is 44.0 Å². The minimum atomic E-state index is -0.275. The van der Waals surface area contributed by atoms with E-state index >= 15 is 0 Å². The van der Waals surface area contributed by atoms with Gasteiger partial charge in [0.2, 0.25) is 6.79 Å². The summed E-state index contributed by atoms with van der Waals surface area (Å²) in [5.41, 5.74) is 20.6. The molecular weight excluding hydrogens is 1700 g/mol. The molecule has 2 atom stereocenters. The molecule has 726 valence electrons. The maximum Gasteiger partial charge on any atom is 0.338 e. The van der Waals surface area contributed by atoms with Crippen molar-refractivity contribution in [2.75, 3.05) is 27.1 Å². The zero-order valence-corrected chi connectivity index (χ0v) is 85.9. The Hall–Kier alpha value is -11.6. The van der Waals surface area contributed by atoms with Crippen molar-refractivity contribution in [2.45, 2.75) is 277 Å². The molecule has 0 bridgehead atoms. The van der Waals surface area contributed by atoms with Crippen LogP contribution in [0.25, 0.3) is 11.3 Å². The van der Waals surface area contributed by atoms with Crippen molar-refractivity contribution in [3.05, 3.63) is 385 Å². The number of oxazole rings is 1. The van der Waals surface area contributed by atoms with Gasteiger partial charge in [0.15, 0.2) is 23.7 Å². The van der Waals surface area contributed by atoms with Gasteiger partial charge in [-0.3, -0.25) is 0 Å². The summed E-state index contributed by atoms with van der Waals surface area (Å²) in [4.78, 5) is 28.2. The van der Waals surface area contributed by atoms with Gasteiger partial charge in [-0.25, -0.2) is 14.6 Å². The zero-order chi connectivity index (χ0) is 97.6. The molecule has 0 amide bonds. The number of carbonyl (C=O) groups excluding carboxylic acids is 2. The van der Waals surface area contributed by atoms with E-state index in [0.717, 1.165) is 108 Å². The van der Waals surface area contributed by atoms with Crippen LogP contribution in [0.2, 0.25) is 0 Å². The van der Waals surface area contributed by atoms with Gasteiger partial charge in [-0.1, -0.05) is 353 Å². The lowest BCUT2D eigenvalue weighted by Gasteiger charge is -2.21. The second-order valence-corrected chi connectivity index (χ2v) is 39.2. The number of unbranched alkanes of at least 4 members (excludes halogenated alkanes) is 1. The average Bonchev–Trinajstić information content (AvgIpc) is 1.64. The topological polar surface area (TPSA) is 125 Å². The minimum Gasteiger partial charge on any atom is -0.465 e. The van der Waals surface area contributed by atoms with Gasteiger partial charge in [0.25, 0.3) is 0 Å². The number of hydrogen-bond acceptors (Lipinski definition) is 12. The molecule has 0 saturated heterocycles. The fourth-order valence-electron chi connectivity index (χ4n) is 15.4. The van der Waals surface area contributed by atoms with Crippen LogP contribution < -0.4 is 18.9 Å². The fraction of sp³-hybridized carbons (Fsp3) is 0.395. The summed E-state index contributed by atoms with van der Waals surface area (Å²) in [7, 11) is 1.39. The zero-order valence-electron chi connectivity index (χ0n) is 85.1. The Bertz CT molecular complexity index is 5440. The van der Waals surface area contributed by atoms with E-state index in [-0.39, 0.29) is 19.4 Å². The summed E-state index contributed by atoms with van der Waals surface area (Å²) in [5.74, 6) is 13.6. The van der Waals surface area contributed by atoms with Gasteiger partial charge >= 0.3 is 11.9 Å². The molecule has 11 nitrogen and oxygen atoms in total. The lowest BCUT2D eigenvalue weighted by Crippen LogP contribution is -2.10. The van der Waals surface area contributed by atoms with Crippen molar-refractivity contribution < 1.29 is 47.2 Å². The number of thiophene rings is 1. The molecule has 0 radical (unpaired) electrons. The van der Waals surface area contributed by atoms with Crippen LogP contribution in [0.1, 0.15) is 343 Å². The first-order chi connectivity index (χ1) is 65.0. The standard InChI is InChI=1S/2C15H16O.C14H20O2.C13H18.C12H13NO.C12H16O.C12H16.C11H14O2.C10H12O2.C9H14S.CH4/c1-12(2)14-10-6-7-11-15(14)16-13-8-4-3-5-9-13;1-12(2)13-8-10-15(11-9-13)16-14-6-4-3-5-7-14;1-4-5-10-16-14(15)13-8-6-12(7-9-13)11(2)3;1-10(2)12-9-5-7-11-6-3-4-8-13(11)12;1-9(2)10-3-5-11(6-4-10)12-7-13-8-14-12;1-9(2)10-3-4-12-8-13-6-5-11(12)7-10;1-9(2)11-8-12(11)10-6-4-3-5-7-10;1-8(2)9-5-4-6-10(7-9)11(12)13-3;1-7(2)8-3-4-9-10(5-8)12-6-11-9;1-8(2)5-6-9-4-3-7-10-9;/h2*3-12H,1-2H3;6-9,11H,4-5,10H2,1-3H3;5,7,9-10H,3-4,6,8H2,1-2H3;3-9H,1-2H3;3-4,7,9H,5-6,8H2,1-2H3;3-7,9,11-12H,8H2,1-2H3;4-8H,1-3H3;3-5,7H,6H2,1-2H3;3-4,7-8H,5-6H2,1-2H3;1H4/t;;;;;;11-,12-;;;;/m......0..../s1. The maximum atomic E-state index is 11.6. The van der Waals surface area contributed by atoms with E-state index in [2.05, 4.69) is 288 Å². The third-order valence-corrected chi connectivity index (χ3v) is 25.0. The Labute approximate surface area is 823 Å². The Kier molecular flexibility index (Phi) is 49.3. The van der Waals surface area contributed by atoms with Crippen molar-refractivity contribution >= 4 is 23.3 Å². The smallest absolute Gasteiger partial charge is 0.338 e. The molecule has 0 spiro atoms. The molecule has 12 heteroatoms. The average molecular weight is 1860 g/mol. The van der Waals surface area contributed by atoms with Crippen molar-refractivity contribution in [3.63, 3.8) is 0 Å². The van der Waals surface area contributed by atoms with Gasteiger partial charge < -0.3 is 37.6 Å². The SMILES string of the molecule is C.CC(C)CCc1cccs1.CC(C)[C@@H]1C[C@H]1c1ccccc1.CC(C)c1ccc(-c2cnco2)cc1.CC(C)c1ccc(Oc2ccccc2)cc1.CC(C)c1ccc2c(c1)CCOC2.CC(C)c1ccc2c(c1)OCO2.CC(C)c1cccc2c1CCCC2.CC(C)c1ccccc1Oc1ccccc1.CCCCOC(=O)c1ccc(C(C)C)cc1.COC(=O)c1cccc(C(C)C)c1. The summed E-state index contributed by atoms with van der Waals surface area (Å²) >= 11 is 1.86. The number of benzene rings is 11. The third kappa shape index (κ3) is 38.9. The van der Waals surface area contributed by atoms with Gasteiger partial charge in [-0.2, -0.15) is 0 Å². The number of aromatic nitrogens is 1. The first kappa shape index (κ1) is 111. The van der Waals surface area contributed by atoms with E-state index in [1.165, 1.54) is 113 Å². The van der Waals surface area contributed by atoms with Crippen molar-refractivity contribution in [3.8, 4) is 45.8 Å².